The van der Waals surface area contributed by atoms with E-state index in [9.17, 15) is 0 Å². The van der Waals surface area contributed by atoms with E-state index < -0.39 is 0 Å². The summed E-state index contributed by atoms with van der Waals surface area (Å²) in [7, 11) is 0. The van der Waals surface area contributed by atoms with Gasteiger partial charge in [-0.3, -0.25) is 0 Å². The van der Waals surface area contributed by atoms with Crippen LogP contribution in [0.1, 0.15) is 19.7 Å². The average molecular weight is 300 g/mol. The zero-order valence-electron chi connectivity index (χ0n) is 10.2. The molecule has 0 unspecified atom stereocenters. The highest BCUT2D eigenvalue weighted by Gasteiger charge is 2.06. The molecule has 2 rings (SSSR count). The maximum atomic E-state index is 6.09. The van der Waals surface area contributed by atoms with Crippen LogP contribution < -0.4 is 5.32 Å². The van der Waals surface area contributed by atoms with Gasteiger partial charge in [0.15, 0.2) is 5.82 Å². The molecule has 18 heavy (non-hydrogen) atoms. The molecule has 96 valence electrons. The van der Waals surface area contributed by atoms with Crippen molar-refractivity contribution in [3.05, 3.63) is 35.1 Å². The largest absolute Gasteiger partial charge is 0.358 e. The maximum absolute atomic E-state index is 6.09. The Balaban J connectivity index is 1.94. The van der Waals surface area contributed by atoms with Gasteiger partial charge in [0.1, 0.15) is 0 Å². The highest BCUT2D eigenvalue weighted by atomic mass is 35.5. The van der Waals surface area contributed by atoms with E-state index in [2.05, 4.69) is 28.5 Å². The highest BCUT2D eigenvalue weighted by molar-refractivity contribution is 7.98. The number of aromatic nitrogens is 2. The quantitative estimate of drug-likeness (QED) is 0.835. The molecule has 0 aliphatic heterocycles. The fourth-order valence-corrected chi connectivity index (χ4v) is 3.23. The zero-order valence-corrected chi connectivity index (χ0v) is 12.6. The molecule has 0 fully saturated rings. The van der Waals surface area contributed by atoms with Gasteiger partial charge >= 0.3 is 0 Å². The van der Waals surface area contributed by atoms with Crippen LogP contribution in [0.5, 0.6) is 0 Å². The van der Waals surface area contributed by atoms with Gasteiger partial charge in [0.25, 0.3) is 0 Å². The SMILES string of the molecule is CC(C)Nc1nc(CSc2ccccc2Cl)ns1. The van der Waals surface area contributed by atoms with Gasteiger partial charge in [0, 0.05) is 22.5 Å². The molecule has 0 saturated heterocycles. The van der Waals surface area contributed by atoms with Crippen LogP contribution in [0.3, 0.4) is 0 Å². The number of anilines is 1. The third kappa shape index (κ3) is 3.86. The Hall–Kier alpha value is -0.780. The van der Waals surface area contributed by atoms with Crippen molar-refractivity contribution in [2.75, 3.05) is 5.32 Å². The molecular formula is C12H14ClN3S2. The van der Waals surface area contributed by atoms with Crippen LogP contribution >= 0.6 is 34.9 Å². The lowest BCUT2D eigenvalue weighted by molar-refractivity contribution is 0.894. The molecule has 0 atom stereocenters. The number of thioether (sulfide) groups is 1. The molecule has 0 saturated carbocycles. The first-order valence-corrected chi connectivity index (χ1v) is 7.75. The topological polar surface area (TPSA) is 37.8 Å². The van der Waals surface area contributed by atoms with E-state index in [1.165, 1.54) is 11.5 Å². The Kier molecular flexibility index (Phi) is 4.86. The number of benzene rings is 1. The summed E-state index contributed by atoms with van der Waals surface area (Å²) < 4.78 is 4.32. The van der Waals surface area contributed by atoms with E-state index in [1.807, 2.05) is 24.3 Å². The van der Waals surface area contributed by atoms with Crippen LogP contribution in [0, 0.1) is 0 Å². The second-order valence-corrected chi connectivity index (χ2v) is 6.21. The molecular weight excluding hydrogens is 286 g/mol. The van der Waals surface area contributed by atoms with Crippen LogP contribution in [0.15, 0.2) is 29.2 Å². The minimum atomic E-state index is 0.377. The number of hydrogen-bond acceptors (Lipinski definition) is 5. The lowest BCUT2D eigenvalue weighted by Crippen LogP contribution is -2.09. The first-order valence-electron chi connectivity index (χ1n) is 5.61. The van der Waals surface area contributed by atoms with Crippen LogP contribution in [-0.2, 0) is 5.75 Å². The van der Waals surface area contributed by atoms with Gasteiger partial charge in [-0.25, -0.2) is 4.98 Å². The molecule has 0 amide bonds. The molecule has 0 aliphatic carbocycles. The van der Waals surface area contributed by atoms with Gasteiger partial charge in [0.2, 0.25) is 5.13 Å². The van der Waals surface area contributed by atoms with Crippen molar-refractivity contribution >= 4 is 40.0 Å². The van der Waals surface area contributed by atoms with E-state index in [-0.39, 0.29) is 0 Å². The van der Waals surface area contributed by atoms with Gasteiger partial charge in [-0.05, 0) is 26.0 Å². The summed E-state index contributed by atoms with van der Waals surface area (Å²) in [5.74, 6) is 1.58. The van der Waals surface area contributed by atoms with Crippen LogP contribution in [0.2, 0.25) is 5.02 Å². The summed E-state index contributed by atoms with van der Waals surface area (Å²) in [5.41, 5.74) is 0. The molecule has 6 heteroatoms. The maximum Gasteiger partial charge on any atom is 0.202 e. The molecule has 1 heterocycles. The fraction of sp³-hybridized carbons (Fsp3) is 0.333. The second kappa shape index (κ2) is 6.41. The monoisotopic (exact) mass is 299 g/mol. The molecule has 1 aromatic carbocycles. The van der Waals surface area contributed by atoms with Gasteiger partial charge in [0.05, 0.1) is 10.8 Å². The number of halogens is 1. The smallest absolute Gasteiger partial charge is 0.202 e. The van der Waals surface area contributed by atoms with E-state index in [1.54, 1.807) is 11.8 Å². The first-order chi connectivity index (χ1) is 8.65. The molecule has 2 aromatic rings. The van der Waals surface area contributed by atoms with Gasteiger partial charge in [-0.15, -0.1) is 11.8 Å². The van der Waals surface area contributed by atoms with Crippen LogP contribution in [0.4, 0.5) is 5.13 Å². The predicted octanol–water partition coefficient (Wildman–Crippen LogP) is 4.30. The van der Waals surface area contributed by atoms with Gasteiger partial charge in [-0.2, -0.15) is 4.37 Å². The lowest BCUT2D eigenvalue weighted by atomic mass is 10.4. The Bertz CT molecular complexity index is 514. The Morgan fingerprint density at radius 2 is 2.17 bits per heavy atom. The molecule has 3 nitrogen and oxygen atoms in total. The normalized spacial score (nSPS) is 10.9. The van der Waals surface area contributed by atoms with Crippen LogP contribution in [-0.4, -0.2) is 15.4 Å². The van der Waals surface area contributed by atoms with Crippen molar-refractivity contribution in [1.82, 2.24) is 9.36 Å². The van der Waals surface area contributed by atoms with Gasteiger partial charge in [-0.1, -0.05) is 23.7 Å². The summed E-state index contributed by atoms with van der Waals surface area (Å²) in [6.07, 6.45) is 0. The molecule has 0 bridgehead atoms. The third-order valence-electron chi connectivity index (χ3n) is 2.07. The van der Waals surface area contributed by atoms with E-state index in [0.717, 1.165) is 26.6 Å². The minimum Gasteiger partial charge on any atom is -0.358 e. The number of nitrogens with zero attached hydrogens (tertiary/aromatic N) is 2. The van der Waals surface area contributed by atoms with Crippen molar-refractivity contribution in [1.29, 1.82) is 0 Å². The van der Waals surface area contributed by atoms with Crippen LogP contribution in [0.25, 0.3) is 0 Å². The average Bonchev–Trinajstić information content (AvgIpc) is 2.75. The minimum absolute atomic E-state index is 0.377. The summed E-state index contributed by atoms with van der Waals surface area (Å²) in [6, 6.07) is 8.19. The predicted molar refractivity (Wildman–Crippen MR) is 79.7 cm³/mol. The highest BCUT2D eigenvalue weighted by Crippen LogP contribution is 2.29. The first kappa shape index (κ1) is 13.6. The van der Waals surface area contributed by atoms with Crippen molar-refractivity contribution < 1.29 is 0 Å². The fourth-order valence-electron chi connectivity index (χ4n) is 1.32. The molecule has 0 radical (unpaired) electrons. The van der Waals surface area contributed by atoms with E-state index >= 15 is 0 Å². The van der Waals surface area contributed by atoms with E-state index in [4.69, 9.17) is 11.6 Å². The molecule has 1 N–H and O–H groups in total. The van der Waals surface area contributed by atoms with Gasteiger partial charge < -0.3 is 5.32 Å². The third-order valence-corrected chi connectivity index (χ3v) is 4.27. The summed E-state index contributed by atoms with van der Waals surface area (Å²) in [6.45, 7) is 4.17. The van der Waals surface area contributed by atoms with Crippen molar-refractivity contribution in [3.8, 4) is 0 Å². The summed E-state index contributed by atoms with van der Waals surface area (Å²) in [4.78, 5) is 5.49. The summed E-state index contributed by atoms with van der Waals surface area (Å²) in [5, 5.41) is 4.90. The zero-order chi connectivity index (χ0) is 13.0. The number of hydrogen-bond donors (Lipinski definition) is 1. The molecule has 0 aliphatic rings. The Morgan fingerprint density at radius 3 is 2.89 bits per heavy atom. The van der Waals surface area contributed by atoms with Crippen molar-refractivity contribution in [2.45, 2.75) is 30.5 Å². The molecule has 1 aromatic heterocycles. The number of nitrogens with one attached hydrogen (secondary N) is 1. The van der Waals surface area contributed by atoms with Crippen molar-refractivity contribution in [2.24, 2.45) is 0 Å². The van der Waals surface area contributed by atoms with E-state index in [0.29, 0.717) is 6.04 Å². The lowest BCUT2D eigenvalue weighted by Gasteiger charge is -2.03. The second-order valence-electron chi connectivity index (χ2n) is 4.03. The summed E-state index contributed by atoms with van der Waals surface area (Å²) >= 11 is 9.15. The molecule has 0 spiro atoms. The standard InChI is InChI=1S/C12H14ClN3S2/c1-8(2)14-12-15-11(16-18-12)7-17-10-6-4-3-5-9(10)13/h3-6,8H,7H2,1-2H3,(H,14,15,16). The Labute approximate surface area is 120 Å². The van der Waals surface area contributed by atoms with Crippen molar-refractivity contribution in [3.63, 3.8) is 0 Å². The number of rotatable bonds is 5. The Morgan fingerprint density at radius 1 is 1.39 bits per heavy atom.